The van der Waals surface area contributed by atoms with Crippen LogP contribution in [0.1, 0.15) is 26.2 Å². The fourth-order valence-corrected chi connectivity index (χ4v) is 3.49. The van der Waals surface area contributed by atoms with Gasteiger partial charge in [0.25, 0.3) is 0 Å². The minimum atomic E-state index is 0.503. The van der Waals surface area contributed by atoms with E-state index in [1.807, 2.05) is 34.8 Å². The van der Waals surface area contributed by atoms with Crippen molar-refractivity contribution in [2.24, 2.45) is 0 Å². The van der Waals surface area contributed by atoms with Crippen LogP contribution in [0.4, 0.5) is 11.6 Å². The van der Waals surface area contributed by atoms with Gasteiger partial charge in [0.15, 0.2) is 11.5 Å². The predicted octanol–water partition coefficient (Wildman–Crippen LogP) is 2.86. The zero-order chi connectivity index (χ0) is 13.8. The number of imidazole rings is 1. The Labute approximate surface area is 123 Å². The van der Waals surface area contributed by atoms with Crippen molar-refractivity contribution in [3.8, 4) is 0 Å². The van der Waals surface area contributed by atoms with Crippen molar-refractivity contribution < 1.29 is 0 Å². The first-order valence-electron chi connectivity index (χ1n) is 7.28. The van der Waals surface area contributed by atoms with E-state index in [4.69, 9.17) is 0 Å². The van der Waals surface area contributed by atoms with Crippen LogP contribution in [0.2, 0.25) is 0 Å². The third-order valence-electron chi connectivity index (χ3n) is 3.43. The number of fused-ring (bicyclic) bond motifs is 1. The van der Waals surface area contributed by atoms with Gasteiger partial charge in [0.05, 0.1) is 6.20 Å². The minimum absolute atomic E-state index is 0.503. The van der Waals surface area contributed by atoms with E-state index in [9.17, 15) is 0 Å². The SMILES string of the molecule is CCCNc1cn2ccnc2c(NC2CCCSC2)n1. The smallest absolute Gasteiger partial charge is 0.180 e. The molecule has 0 aromatic carbocycles. The van der Waals surface area contributed by atoms with Crippen molar-refractivity contribution in [1.29, 1.82) is 0 Å². The van der Waals surface area contributed by atoms with E-state index >= 15 is 0 Å². The number of hydrogen-bond acceptors (Lipinski definition) is 5. The van der Waals surface area contributed by atoms with Crippen LogP contribution >= 0.6 is 11.8 Å². The molecule has 1 unspecified atom stereocenters. The molecule has 0 bridgehead atoms. The molecule has 2 aromatic rings. The van der Waals surface area contributed by atoms with Gasteiger partial charge in [0.1, 0.15) is 5.82 Å². The Morgan fingerprint density at radius 2 is 2.45 bits per heavy atom. The molecule has 1 saturated heterocycles. The van der Waals surface area contributed by atoms with Gasteiger partial charge in [-0.05, 0) is 25.0 Å². The Morgan fingerprint density at radius 1 is 1.50 bits per heavy atom. The van der Waals surface area contributed by atoms with Gasteiger partial charge >= 0.3 is 0 Å². The Morgan fingerprint density at radius 3 is 3.25 bits per heavy atom. The summed E-state index contributed by atoms with van der Waals surface area (Å²) in [5.41, 5.74) is 0.905. The lowest BCUT2D eigenvalue weighted by Crippen LogP contribution is -2.26. The fraction of sp³-hybridized carbons (Fsp3) is 0.571. The van der Waals surface area contributed by atoms with Crippen molar-refractivity contribution in [2.45, 2.75) is 32.2 Å². The topological polar surface area (TPSA) is 54.2 Å². The number of anilines is 2. The molecule has 1 aliphatic rings. The quantitative estimate of drug-likeness (QED) is 0.887. The number of nitrogens with zero attached hydrogens (tertiary/aromatic N) is 3. The minimum Gasteiger partial charge on any atom is -0.369 e. The van der Waals surface area contributed by atoms with E-state index in [0.717, 1.165) is 36.0 Å². The standard InChI is InChI=1S/C14H21N5S/c1-2-5-15-12-9-19-7-6-16-14(19)13(18-12)17-11-4-3-8-20-10-11/h6-7,9,11,15H,2-5,8,10H2,1H3,(H,17,18). The molecule has 3 rings (SSSR count). The van der Waals surface area contributed by atoms with E-state index in [2.05, 4.69) is 27.5 Å². The number of hydrogen-bond donors (Lipinski definition) is 2. The van der Waals surface area contributed by atoms with Crippen molar-refractivity contribution in [2.75, 3.05) is 28.7 Å². The monoisotopic (exact) mass is 291 g/mol. The molecule has 0 saturated carbocycles. The molecular weight excluding hydrogens is 270 g/mol. The van der Waals surface area contributed by atoms with Gasteiger partial charge in [-0.15, -0.1) is 0 Å². The maximum atomic E-state index is 4.69. The van der Waals surface area contributed by atoms with Crippen LogP contribution in [0.25, 0.3) is 5.65 Å². The lowest BCUT2D eigenvalue weighted by molar-refractivity contribution is 0.682. The van der Waals surface area contributed by atoms with E-state index in [-0.39, 0.29) is 0 Å². The van der Waals surface area contributed by atoms with Crippen LogP contribution in [0.5, 0.6) is 0 Å². The maximum absolute atomic E-state index is 4.69. The van der Waals surface area contributed by atoms with Crippen molar-refractivity contribution in [1.82, 2.24) is 14.4 Å². The number of aromatic nitrogens is 3. The summed E-state index contributed by atoms with van der Waals surface area (Å²) in [6, 6.07) is 0.503. The summed E-state index contributed by atoms with van der Waals surface area (Å²) >= 11 is 2.01. The molecule has 3 heterocycles. The van der Waals surface area contributed by atoms with Gasteiger partial charge in [-0.3, -0.25) is 0 Å². The highest BCUT2D eigenvalue weighted by Gasteiger charge is 2.16. The zero-order valence-corrected chi connectivity index (χ0v) is 12.6. The Hall–Kier alpha value is -1.43. The van der Waals surface area contributed by atoms with Crippen LogP contribution in [0.15, 0.2) is 18.6 Å². The molecule has 0 aliphatic carbocycles. The molecule has 1 fully saturated rings. The highest BCUT2D eigenvalue weighted by atomic mass is 32.2. The predicted molar refractivity (Wildman–Crippen MR) is 85.7 cm³/mol. The average Bonchev–Trinajstić information content (AvgIpc) is 2.95. The third-order valence-corrected chi connectivity index (χ3v) is 4.65. The fourth-order valence-electron chi connectivity index (χ4n) is 2.41. The summed E-state index contributed by atoms with van der Waals surface area (Å²) in [4.78, 5) is 9.10. The van der Waals surface area contributed by atoms with Gasteiger partial charge in [0, 0.05) is 30.7 Å². The van der Waals surface area contributed by atoms with Gasteiger partial charge in [-0.1, -0.05) is 6.92 Å². The van der Waals surface area contributed by atoms with Crippen LogP contribution in [-0.4, -0.2) is 38.5 Å². The molecule has 2 N–H and O–H groups in total. The van der Waals surface area contributed by atoms with Crippen LogP contribution < -0.4 is 10.6 Å². The largest absolute Gasteiger partial charge is 0.369 e. The summed E-state index contributed by atoms with van der Waals surface area (Å²) in [5, 5.41) is 6.92. The summed E-state index contributed by atoms with van der Waals surface area (Å²) in [6.45, 7) is 3.09. The normalized spacial score (nSPS) is 19.1. The average molecular weight is 291 g/mol. The van der Waals surface area contributed by atoms with Crippen LogP contribution in [0, 0.1) is 0 Å². The first-order valence-corrected chi connectivity index (χ1v) is 8.44. The summed E-state index contributed by atoms with van der Waals surface area (Å²) in [6.07, 6.45) is 9.37. The molecule has 0 spiro atoms. The van der Waals surface area contributed by atoms with E-state index in [1.54, 1.807) is 0 Å². The number of thioether (sulfide) groups is 1. The summed E-state index contributed by atoms with van der Waals surface area (Å²) in [7, 11) is 0. The van der Waals surface area contributed by atoms with E-state index in [1.165, 1.54) is 18.6 Å². The second-order valence-corrected chi connectivity index (χ2v) is 6.27. The Bertz CT molecular complexity index is 562. The summed E-state index contributed by atoms with van der Waals surface area (Å²) in [5.74, 6) is 4.23. The second kappa shape index (κ2) is 6.35. The highest BCUT2D eigenvalue weighted by Crippen LogP contribution is 2.23. The second-order valence-electron chi connectivity index (χ2n) is 5.12. The third kappa shape index (κ3) is 3.00. The molecule has 108 valence electrons. The number of rotatable bonds is 5. The van der Waals surface area contributed by atoms with Gasteiger partial charge in [-0.2, -0.15) is 11.8 Å². The molecule has 1 atom stereocenters. The number of nitrogens with one attached hydrogen (secondary N) is 2. The van der Waals surface area contributed by atoms with Crippen molar-refractivity contribution in [3.63, 3.8) is 0 Å². The molecule has 1 aliphatic heterocycles. The van der Waals surface area contributed by atoms with E-state index in [0.29, 0.717) is 6.04 Å². The first-order chi connectivity index (χ1) is 9.86. The molecular formula is C14H21N5S. The Kier molecular flexibility index (Phi) is 4.30. The van der Waals surface area contributed by atoms with Crippen molar-refractivity contribution >= 4 is 29.0 Å². The molecule has 0 radical (unpaired) electrons. The molecule has 6 heteroatoms. The van der Waals surface area contributed by atoms with Crippen molar-refractivity contribution in [3.05, 3.63) is 18.6 Å². The molecule has 0 amide bonds. The van der Waals surface area contributed by atoms with Gasteiger partial charge in [-0.25, -0.2) is 9.97 Å². The van der Waals surface area contributed by atoms with Gasteiger partial charge in [0.2, 0.25) is 0 Å². The van der Waals surface area contributed by atoms with E-state index < -0.39 is 0 Å². The molecule has 20 heavy (non-hydrogen) atoms. The molecule has 2 aromatic heterocycles. The van der Waals surface area contributed by atoms with Crippen LogP contribution in [-0.2, 0) is 0 Å². The Balaban J connectivity index is 1.84. The first kappa shape index (κ1) is 13.5. The van der Waals surface area contributed by atoms with Gasteiger partial charge < -0.3 is 15.0 Å². The highest BCUT2D eigenvalue weighted by molar-refractivity contribution is 7.99. The molecule has 5 nitrogen and oxygen atoms in total. The van der Waals surface area contributed by atoms with Crippen LogP contribution in [0.3, 0.4) is 0 Å². The zero-order valence-electron chi connectivity index (χ0n) is 11.8. The lowest BCUT2D eigenvalue weighted by Gasteiger charge is -2.23. The maximum Gasteiger partial charge on any atom is 0.180 e. The lowest BCUT2D eigenvalue weighted by atomic mass is 10.2. The summed E-state index contributed by atoms with van der Waals surface area (Å²) < 4.78 is 2.03.